The van der Waals surface area contributed by atoms with Gasteiger partial charge in [-0.3, -0.25) is 4.79 Å². The molecule has 0 aliphatic carbocycles. The summed E-state index contributed by atoms with van der Waals surface area (Å²) in [7, 11) is 0. The van der Waals surface area contributed by atoms with Gasteiger partial charge in [0, 0.05) is 30.7 Å². The summed E-state index contributed by atoms with van der Waals surface area (Å²) in [6.07, 6.45) is -1.71. The maximum Gasteiger partial charge on any atom is 0.419 e. The lowest BCUT2D eigenvalue weighted by molar-refractivity contribution is -0.138. The molecule has 0 spiro atoms. The number of aryl methyl sites for hydroxylation is 1. The highest BCUT2D eigenvalue weighted by molar-refractivity contribution is 5.99. The number of likely N-dealkylation sites (N-methyl/N-ethyl adjacent to an activating group) is 1. The predicted molar refractivity (Wildman–Crippen MR) is 122 cm³/mol. The maximum atomic E-state index is 13.3. The minimum absolute atomic E-state index is 0.00165. The molecular formula is C24H28F3N5O2. The minimum Gasteiger partial charge on any atom is -0.461 e. The second-order valence-corrected chi connectivity index (χ2v) is 7.05. The highest BCUT2D eigenvalue weighted by atomic mass is 19.4. The van der Waals surface area contributed by atoms with E-state index in [0.29, 0.717) is 36.0 Å². The first-order chi connectivity index (χ1) is 16.2. The molecule has 7 nitrogen and oxygen atoms in total. The summed E-state index contributed by atoms with van der Waals surface area (Å²) >= 11 is 0. The van der Waals surface area contributed by atoms with Gasteiger partial charge in [0.2, 0.25) is 0 Å². The first kappa shape index (κ1) is 26.7. The van der Waals surface area contributed by atoms with E-state index in [9.17, 15) is 18.0 Å². The van der Waals surface area contributed by atoms with Crippen molar-refractivity contribution in [2.24, 2.45) is 0 Å². The number of hydrogen-bond acceptors (Lipinski definition) is 6. The van der Waals surface area contributed by atoms with Crippen LogP contribution >= 0.6 is 0 Å². The van der Waals surface area contributed by atoms with E-state index in [1.807, 2.05) is 51.1 Å². The predicted octanol–water partition coefficient (Wildman–Crippen LogP) is 5.22. The van der Waals surface area contributed by atoms with Crippen molar-refractivity contribution in [3.05, 3.63) is 65.9 Å². The van der Waals surface area contributed by atoms with Crippen LogP contribution in [0.3, 0.4) is 0 Å². The van der Waals surface area contributed by atoms with Gasteiger partial charge in [-0.2, -0.15) is 13.2 Å². The molecule has 0 aliphatic heterocycles. The molecule has 0 N–H and O–H groups in total. The number of halogens is 3. The summed E-state index contributed by atoms with van der Waals surface area (Å²) in [6, 6.07) is 8.71. The van der Waals surface area contributed by atoms with Crippen LogP contribution in [0.1, 0.15) is 49.4 Å². The molecule has 3 rings (SSSR count). The quantitative estimate of drug-likeness (QED) is 0.466. The number of ether oxygens (including phenoxy) is 1. The first-order valence-corrected chi connectivity index (χ1v) is 10.9. The third kappa shape index (κ3) is 6.72. The molecule has 1 amide bonds. The molecule has 0 saturated heterocycles. The van der Waals surface area contributed by atoms with Crippen molar-refractivity contribution in [2.45, 2.75) is 46.8 Å². The lowest BCUT2D eigenvalue weighted by Gasteiger charge is -2.28. The Kier molecular flexibility index (Phi) is 9.47. The second kappa shape index (κ2) is 12.1. The Bertz CT molecular complexity index is 1060. The fourth-order valence-corrected chi connectivity index (χ4v) is 3.07. The summed E-state index contributed by atoms with van der Waals surface area (Å²) in [5.74, 6) is 0.259. The van der Waals surface area contributed by atoms with Gasteiger partial charge in [-0.25, -0.2) is 19.9 Å². The van der Waals surface area contributed by atoms with Crippen molar-refractivity contribution in [1.82, 2.24) is 24.8 Å². The standard InChI is InChI=1S/C22H22F3N5O2.C2H6/c1-4-30(14(2)13-32-21-27-10-17(11-28-21)22(23,24)25)20(31)18-12-26-15(3)29-19(18)16-8-6-5-7-9-16;1-2/h5-12,14H,4,13H2,1-3H3;1-2H3/t14-;/m0./s1. The van der Waals surface area contributed by atoms with Crippen LogP contribution in [0.2, 0.25) is 0 Å². The Morgan fingerprint density at radius 3 is 2.24 bits per heavy atom. The number of carbonyl (C=O) groups is 1. The number of carbonyl (C=O) groups excluding carboxylic acids is 1. The van der Waals surface area contributed by atoms with Gasteiger partial charge >= 0.3 is 12.2 Å². The fraction of sp³-hybridized carbons (Fsp3) is 0.375. The average molecular weight is 476 g/mol. The van der Waals surface area contributed by atoms with E-state index in [1.54, 1.807) is 18.7 Å². The monoisotopic (exact) mass is 475 g/mol. The van der Waals surface area contributed by atoms with E-state index in [4.69, 9.17) is 4.74 Å². The van der Waals surface area contributed by atoms with Gasteiger partial charge < -0.3 is 9.64 Å². The van der Waals surface area contributed by atoms with Gasteiger partial charge in [0.25, 0.3) is 5.91 Å². The molecule has 0 bridgehead atoms. The minimum atomic E-state index is -4.52. The SMILES string of the molecule is CC.CCN(C(=O)c1cnc(C)nc1-c1ccccc1)[C@@H](C)COc1ncc(C(F)(F)F)cn1. The molecule has 10 heteroatoms. The number of aromatic nitrogens is 4. The smallest absolute Gasteiger partial charge is 0.419 e. The molecule has 182 valence electrons. The lowest BCUT2D eigenvalue weighted by Crippen LogP contribution is -2.42. The molecule has 0 unspecified atom stereocenters. The van der Waals surface area contributed by atoms with Crippen molar-refractivity contribution in [2.75, 3.05) is 13.2 Å². The van der Waals surface area contributed by atoms with Crippen LogP contribution in [0.25, 0.3) is 11.3 Å². The zero-order valence-electron chi connectivity index (χ0n) is 19.8. The zero-order chi connectivity index (χ0) is 25.3. The number of rotatable bonds is 7. The van der Waals surface area contributed by atoms with E-state index in [1.165, 1.54) is 6.20 Å². The maximum absolute atomic E-state index is 13.3. The van der Waals surface area contributed by atoms with E-state index in [-0.39, 0.29) is 18.5 Å². The van der Waals surface area contributed by atoms with Crippen LogP contribution < -0.4 is 4.74 Å². The van der Waals surface area contributed by atoms with E-state index >= 15 is 0 Å². The molecule has 34 heavy (non-hydrogen) atoms. The van der Waals surface area contributed by atoms with Gasteiger partial charge in [0.15, 0.2) is 0 Å². The Morgan fingerprint density at radius 2 is 1.68 bits per heavy atom. The van der Waals surface area contributed by atoms with Gasteiger partial charge in [-0.1, -0.05) is 44.2 Å². The molecule has 2 aromatic heterocycles. The molecule has 0 fully saturated rings. The molecule has 3 aromatic rings. The number of hydrogen-bond donors (Lipinski definition) is 0. The number of benzene rings is 1. The number of alkyl halides is 3. The van der Waals surface area contributed by atoms with Crippen LogP contribution in [-0.2, 0) is 6.18 Å². The van der Waals surface area contributed by atoms with Crippen molar-refractivity contribution in [1.29, 1.82) is 0 Å². The third-order valence-electron chi connectivity index (χ3n) is 4.73. The molecule has 0 aliphatic rings. The highest BCUT2D eigenvalue weighted by Gasteiger charge is 2.31. The third-order valence-corrected chi connectivity index (χ3v) is 4.73. The fourth-order valence-electron chi connectivity index (χ4n) is 3.07. The van der Waals surface area contributed by atoms with Crippen molar-refractivity contribution in [3.63, 3.8) is 0 Å². The van der Waals surface area contributed by atoms with Crippen LogP contribution in [-0.4, -0.2) is 49.9 Å². The largest absolute Gasteiger partial charge is 0.461 e. The average Bonchev–Trinajstić information content (AvgIpc) is 2.84. The van der Waals surface area contributed by atoms with E-state index < -0.39 is 17.8 Å². The van der Waals surface area contributed by atoms with Gasteiger partial charge in [0.1, 0.15) is 12.4 Å². The van der Waals surface area contributed by atoms with E-state index in [2.05, 4.69) is 19.9 Å². The first-order valence-electron chi connectivity index (χ1n) is 10.9. The molecule has 1 atom stereocenters. The molecule has 2 heterocycles. The topological polar surface area (TPSA) is 81.1 Å². The molecule has 1 aromatic carbocycles. The highest BCUT2D eigenvalue weighted by Crippen LogP contribution is 2.28. The molecule has 0 radical (unpaired) electrons. The Labute approximate surface area is 197 Å². The summed E-state index contributed by atoms with van der Waals surface area (Å²) in [4.78, 5) is 30.7. The normalized spacial score (nSPS) is 11.8. The Morgan fingerprint density at radius 1 is 1.06 bits per heavy atom. The van der Waals surface area contributed by atoms with E-state index in [0.717, 1.165) is 5.56 Å². The van der Waals surface area contributed by atoms with Gasteiger partial charge in [0.05, 0.1) is 22.9 Å². The molecule has 0 saturated carbocycles. The lowest BCUT2D eigenvalue weighted by atomic mass is 10.1. The van der Waals surface area contributed by atoms with Gasteiger partial charge in [-0.15, -0.1) is 0 Å². The zero-order valence-corrected chi connectivity index (χ0v) is 19.8. The van der Waals surface area contributed by atoms with Crippen molar-refractivity contribution in [3.8, 4) is 17.3 Å². The van der Waals surface area contributed by atoms with Crippen LogP contribution in [0.5, 0.6) is 6.01 Å². The Balaban J connectivity index is 0.00000199. The summed E-state index contributed by atoms with van der Waals surface area (Å²) in [5, 5.41) is 0. The van der Waals surface area contributed by atoms with Crippen molar-refractivity contribution >= 4 is 5.91 Å². The number of nitrogens with zero attached hydrogens (tertiary/aromatic N) is 5. The Hall–Kier alpha value is -3.56. The summed E-state index contributed by atoms with van der Waals surface area (Å²) in [5.41, 5.74) is 0.706. The summed E-state index contributed by atoms with van der Waals surface area (Å²) < 4.78 is 43.3. The van der Waals surface area contributed by atoms with Crippen molar-refractivity contribution < 1.29 is 22.7 Å². The van der Waals surface area contributed by atoms with Gasteiger partial charge in [-0.05, 0) is 20.8 Å². The van der Waals surface area contributed by atoms with Crippen LogP contribution in [0.4, 0.5) is 13.2 Å². The second-order valence-electron chi connectivity index (χ2n) is 7.05. The molecular weight excluding hydrogens is 447 g/mol. The summed E-state index contributed by atoms with van der Waals surface area (Å²) in [6.45, 7) is 9.71. The van der Waals surface area contributed by atoms with Crippen LogP contribution in [0.15, 0.2) is 48.9 Å². The van der Waals surface area contributed by atoms with Crippen LogP contribution in [0, 0.1) is 6.92 Å². The number of amides is 1.